The van der Waals surface area contributed by atoms with E-state index in [4.69, 9.17) is 18.0 Å². The van der Waals surface area contributed by atoms with Gasteiger partial charge in [-0.2, -0.15) is 0 Å². The van der Waals surface area contributed by atoms with Crippen molar-refractivity contribution in [3.63, 3.8) is 0 Å². The predicted octanol–water partition coefficient (Wildman–Crippen LogP) is 2.97. The van der Waals surface area contributed by atoms with Gasteiger partial charge < -0.3 is 11.1 Å². The van der Waals surface area contributed by atoms with Crippen molar-refractivity contribution in [1.82, 2.24) is 5.32 Å². The van der Waals surface area contributed by atoms with Crippen molar-refractivity contribution < 1.29 is 4.79 Å². The average Bonchev–Trinajstić information content (AvgIpc) is 2.35. The first kappa shape index (κ1) is 16.0. The maximum Gasteiger partial charge on any atom is 0.233 e. The molecule has 0 saturated heterocycles. The Labute approximate surface area is 132 Å². The normalized spacial score (nSPS) is 16.9. The highest BCUT2D eigenvalue weighted by atomic mass is 32.1. The lowest BCUT2D eigenvalue weighted by atomic mass is 9.67. The minimum absolute atomic E-state index is 0.000637. The molecule has 1 aromatic carbocycles. The van der Waals surface area contributed by atoms with Crippen molar-refractivity contribution in [2.24, 2.45) is 11.1 Å². The smallest absolute Gasteiger partial charge is 0.233 e. The van der Waals surface area contributed by atoms with Gasteiger partial charge in [0.05, 0.1) is 10.4 Å². The molecule has 114 valence electrons. The Morgan fingerprint density at radius 1 is 1.33 bits per heavy atom. The Bertz CT molecular complexity index is 521. The minimum atomic E-state index is -0.598. The summed E-state index contributed by atoms with van der Waals surface area (Å²) in [6, 6.07) is 10.3. The van der Waals surface area contributed by atoms with E-state index in [2.05, 4.69) is 31.3 Å². The van der Waals surface area contributed by atoms with Gasteiger partial charge in [-0.05, 0) is 45.1 Å². The summed E-state index contributed by atoms with van der Waals surface area (Å²) in [6.45, 7) is 4.11. The molecule has 0 bridgehead atoms. The third-order valence-corrected chi connectivity index (χ3v) is 4.84. The summed E-state index contributed by atoms with van der Waals surface area (Å²) in [5, 5.41) is 3.14. The number of nitrogens with two attached hydrogens (primary N) is 1. The van der Waals surface area contributed by atoms with Crippen LogP contribution in [0.5, 0.6) is 0 Å². The SMILES string of the molecule is CC(C)(CCc1ccccc1)NC(=O)C1(C(N)=S)CCC1. The van der Waals surface area contributed by atoms with Gasteiger partial charge in [0.1, 0.15) is 0 Å². The molecule has 1 aliphatic carbocycles. The van der Waals surface area contributed by atoms with Gasteiger partial charge in [-0.3, -0.25) is 4.79 Å². The molecule has 0 unspecified atom stereocenters. The lowest BCUT2D eigenvalue weighted by Gasteiger charge is -2.41. The van der Waals surface area contributed by atoms with E-state index in [9.17, 15) is 4.79 Å². The molecule has 4 heteroatoms. The zero-order valence-corrected chi connectivity index (χ0v) is 13.6. The Kier molecular flexibility index (Phi) is 4.67. The molecule has 1 amide bonds. The summed E-state index contributed by atoms with van der Waals surface area (Å²) in [4.78, 5) is 12.9. The highest BCUT2D eigenvalue weighted by molar-refractivity contribution is 7.80. The van der Waals surface area contributed by atoms with Crippen LogP contribution in [0.3, 0.4) is 0 Å². The Balaban J connectivity index is 1.94. The van der Waals surface area contributed by atoms with Crippen LogP contribution in [0, 0.1) is 5.41 Å². The van der Waals surface area contributed by atoms with Crippen molar-refractivity contribution >= 4 is 23.1 Å². The molecule has 0 heterocycles. The fourth-order valence-electron chi connectivity index (χ4n) is 2.71. The van der Waals surface area contributed by atoms with E-state index in [1.807, 2.05) is 18.2 Å². The third-order valence-electron chi connectivity index (χ3n) is 4.45. The predicted molar refractivity (Wildman–Crippen MR) is 90.1 cm³/mol. The lowest BCUT2D eigenvalue weighted by Crippen LogP contribution is -2.57. The summed E-state index contributed by atoms with van der Waals surface area (Å²) in [5.41, 5.74) is 6.21. The molecule has 0 aliphatic heterocycles. The first-order valence-corrected chi connectivity index (χ1v) is 7.93. The van der Waals surface area contributed by atoms with Crippen molar-refractivity contribution in [2.75, 3.05) is 0 Å². The van der Waals surface area contributed by atoms with Gasteiger partial charge in [0.25, 0.3) is 0 Å². The van der Waals surface area contributed by atoms with Crippen LogP contribution in [-0.4, -0.2) is 16.4 Å². The van der Waals surface area contributed by atoms with Gasteiger partial charge in [-0.25, -0.2) is 0 Å². The zero-order chi connectivity index (χ0) is 15.5. The maximum atomic E-state index is 12.5. The fraction of sp³-hybridized carbons (Fsp3) is 0.529. The monoisotopic (exact) mass is 304 g/mol. The molecule has 1 aromatic rings. The molecule has 0 aromatic heterocycles. The van der Waals surface area contributed by atoms with Crippen LogP contribution in [0.25, 0.3) is 0 Å². The number of carbonyl (C=O) groups excluding carboxylic acids is 1. The topological polar surface area (TPSA) is 55.1 Å². The van der Waals surface area contributed by atoms with E-state index in [1.54, 1.807) is 0 Å². The number of benzene rings is 1. The summed E-state index contributed by atoms with van der Waals surface area (Å²) in [7, 11) is 0. The van der Waals surface area contributed by atoms with Crippen LogP contribution < -0.4 is 11.1 Å². The first-order valence-electron chi connectivity index (χ1n) is 7.52. The molecule has 1 fully saturated rings. The molecule has 1 aliphatic rings. The molecule has 0 spiro atoms. The van der Waals surface area contributed by atoms with E-state index >= 15 is 0 Å². The highest BCUT2D eigenvalue weighted by Crippen LogP contribution is 2.42. The van der Waals surface area contributed by atoms with Crippen LogP contribution in [0.1, 0.15) is 45.1 Å². The fourth-order valence-corrected chi connectivity index (χ4v) is 3.00. The second kappa shape index (κ2) is 6.14. The molecular weight excluding hydrogens is 280 g/mol. The highest BCUT2D eigenvalue weighted by Gasteiger charge is 2.47. The summed E-state index contributed by atoms with van der Waals surface area (Å²) in [6.07, 6.45) is 4.41. The van der Waals surface area contributed by atoms with Crippen molar-refractivity contribution in [2.45, 2.75) is 51.5 Å². The molecule has 2 rings (SSSR count). The maximum absolute atomic E-state index is 12.5. The standard InChI is InChI=1S/C17H24N2OS/c1-16(2,12-9-13-7-4-3-5-8-13)19-15(20)17(14(18)21)10-6-11-17/h3-5,7-8H,6,9-12H2,1-2H3,(H2,18,21)(H,19,20). The zero-order valence-electron chi connectivity index (χ0n) is 12.8. The Morgan fingerprint density at radius 2 is 1.95 bits per heavy atom. The minimum Gasteiger partial charge on any atom is -0.392 e. The molecule has 1 saturated carbocycles. The van der Waals surface area contributed by atoms with Gasteiger partial charge in [-0.1, -0.05) is 49.0 Å². The number of carbonyl (C=O) groups is 1. The van der Waals surface area contributed by atoms with E-state index in [-0.39, 0.29) is 11.4 Å². The van der Waals surface area contributed by atoms with Gasteiger partial charge in [0.15, 0.2) is 0 Å². The van der Waals surface area contributed by atoms with Crippen molar-refractivity contribution in [1.29, 1.82) is 0 Å². The van der Waals surface area contributed by atoms with Gasteiger partial charge >= 0.3 is 0 Å². The van der Waals surface area contributed by atoms with Crippen molar-refractivity contribution in [3.05, 3.63) is 35.9 Å². The van der Waals surface area contributed by atoms with E-state index in [0.29, 0.717) is 4.99 Å². The number of rotatable bonds is 6. The second-order valence-electron chi connectivity index (χ2n) is 6.62. The van der Waals surface area contributed by atoms with Crippen LogP contribution in [0.15, 0.2) is 30.3 Å². The Hall–Kier alpha value is -1.42. The second-order valence-corrected chi connectivity index (χ2v) is 7.06. The van der Waals surface area contributed by atoms with Gasteiger partial charge in [0.2, 0.25) is 5.91 Å². The molecule has 0 radical (unpaired) electrons. The molecular formula is C17H24N2OS. The number of amides is 1. The number of thiocarbonyl (C=S) groups is 1. The number of hydrogen-bond acceptors (Lipinski definition) is 2. The summed E-state index contributed by atoms with van der Waals surface area (Å²) in [5.74, 6) is -0.000637. The molecule has 3 N–H and O–H groups in total. The largest absolute Gasteiger partial charge is 0.392 e. The quantitative estimate of drug-likeness (QED) is 0.794. The van der Waals surface area contributed by atoms with Gasteiger partial charge in [0, 0.05) is 5.54 Å². The summed E-state index contributed by atoms with van der Waals surface area (Å²) < 4.78 is 0. The average molecular weight is 304 g/mol. The molecule has 21 heavy (non-hydrogen) atoms. The van der Waals surface area contributed by atoms with Crippen LogP contribution >= 0.6 is 12.2 Å². The van der Waals surface area contributed by atoms with Crippen LogP contribution in [0.2, 0.25) is 0 Å². The first-order chi connectivity index (χ1) is 9.86. The van der Waals surface area contributed by atoms with E-state index in [1.165, 1.54) is 5.56 Å². The lowest BCUT2D eigenvalue weighted by molar-refractivity contribution is -0.132. The van der Waals surface area contributed by atoms with Crippen molar-refractivity contribution in [3.8, 4) is 0 Å². The number of hydrogen-bond donors (Lipinski definition) is 2. The Morgan fingerprint density at radius 3 is 2.43 bits per heavy atom. The number of aryl methyl sites for hydroxylation is 1. The molecule has 0 atom stereocenters. The summed E-state index contributed by atoms with van der Waals surface area (Å²) >= 11 is 5.10. The van der Waals surface area contributed by atoms with Crippen LogP contribution in [0.4, 0.5) is 0 Å². The van der Waals surface area contributed by atoms with Gasteiger partial charge in [-0.15, -0.1) is 0 Å². The number of nitrogens with one attached hydrogen (secondary N) is 1. The third kappa shape index (κ3) is 3.62. The van der Waals surface area contributed by atoms with Crippen LogP contribution in [-0.2, 0) is 11.2 Å². The van der Waals surface area contributed by atoms with E-state index < -0.39 is 5.41 Å². The van der Waals surface area contributed by atoms with E-state index in [0.717, 1.165) is 32.1 Å². The molecule has 3 nitrogen and oxygen atoms in total.